The lowest BCUT2D eigenvalue weighted by Crippen LogP contribution is -2.29. The zero-order chi connectivity index (χ0) is 28.7. The molecular weight excluding hydrogens is 563 g/mol. The highest BCUT2D eigenvalue weighted by Crippen LogP contribution is 2.32. The molecule has 1 aromatic heterocycles. The van der Waals surface area contributed by atoms with Gasteiger partial charge in [0.1, 0.15) is 0 Å². The Labute approximate surface area is 243 Å². The summed E-state index contributed by atoms with van der Waals surface area (Å²) in [6.07, 6.45) is 0. The molecule has 0 aliphatic carbocycles. The molecule has 9 heteroatoms. The molecular formula is C32H18Cl2N2O5. The highest BCUT2D eigenvalue weighted by atomic mass is 35.5. The molecule has 1 aliphatic heterocycles. The number of amides is 2. The van der Waals surface area contributed by atoms with Crippen LogP contribution in [-0.2, 0) is 4.74 Å². The molecule has 2 amide bonds. The van der Waals surface area contributed by atoms with E-state index in [0.29, 0.717) is 54.6 Å². The fourth-order valence-corrected chi connectivity index (χ4v) is 5.01. The number of aromatic nitrogens is 1. The summed E-state index contributed by atoms with van der Waals surface area (Å²) >= 11 is 12.3. The van der Waals surface area contributed by atoms with E-state index in [1.54, 1.807) is 97.1 Å². The maximum Gasteiger partial charge on any atom is 0.339 e. The molecule has 0 radical (unpaired) electrons. The number of esters is 1. The number of carbonyl (C=O) groups excluding carboxylic acids is 4. The first-order chi connectivity index (χ1) is 19.8. The van der Waals surface area contributed by atoms with Crippen molar-refractivity contribution in [2.45, 2.75) is 0 Å². The number of para-hydroxylation sites is 1. The van der Waals surface area contributed by atoms with E-state index in [9.17, 15) is 19.2 Å². The number of halogens is 2. The van der Waals surface area contributed by atoms with Crippen molar-refractivity contribution in [2.75, 3.05) is 11.5 Å². The molecule has 5 aromatic rings. The second-order valence-corrected chi connectivity index (χ2v) is 10.1. The van der Waals surface area contributed by atoms with Gasteiger partial charge < -0.3 is 4.74 Å². The molecule has 0 fully saturated rings. The third-order valence-electron chi connectivity index (χ3n) is 6.73. The van der Waals surface area contributed by atoms with Gasteiger partial charge in [0, 0.05) is 21.5 Å². The molecule has 7 nitrogen and oxygen atoms in total. The third-order valence-corrected chi connectivity index (χ3v) is 7.28. The summed E-state index contributed by atoms with van der Waals surface area (Å²) in [4.78, 5) is 57.3. The lowest BCUT2D eigenvalue weighted by Gasteiger charge is -2.15. The summed E-state index contributed by atoms with van der Waals surface area (Å²) < 4.78 is 5.38. The first-order valence-corrected chi connectivity index (χ1v) is 13.2. The maximum absolute atomic E-state index is 13.2. The summed E-state index contributed by atoms with van der Waals surface area (Å²) in [5.41, 5.74) is 3.06. The molecule has 41 heavy (non-hydrogen) atoms. The highest BCUT2D eigenvalue weighted by molar-refractivity contribution is 6.36. The number of hydrogen-bond acceptors (Lipinski definition) is 6. The molecule has 200 valence electrons. The minimum Gasteiger partial charge on any atom is -0.454 e. The number of Topliss-reactive ketones (excluding diaryl/α,β-unsaturated/α-hetero) is 1. The van der Waals surface area contributed by atoms with Crippen LogP contribution in [0, 0.1) is 0 Å². The lowest BCUT2D eigenvalue weighted by molar-refractivity contribution is 0.0476. The van der Waals surface area contributed by atoms with Gasteiger partial charge in [-0.2, -0.15) is 0 Å². The Balaban J connectivity index is 1.30. The van der Waals surface area contributed by atoms with Gasteiger partial charge in [0.15, 0.2) is 12.4 Å². The van der Waals surface area contributed by atoms with Gasteiger partial charge in [-0.3, -0.25) is 14.4 Å². The van der Waals surface area contributed by atoms with Crippen molar-refractivity contribution in [3.05, 3.63) is 129 Å². The number of nitrogens with zero attached hydrogens (tertiary/aromatic N) is 2. The van der Waals surface area contributed by atoms with Gasteiger partial charge in [0.2, 0.25) is 0 Å². The van der Waals surface area contributed by atoms with Gasteiger partial charge >= 0.3 is 5.97 Å². The van der Waals surface area contributed by atoms with E-state index in [4.69, 9.17) is 27.9 Å². The number of ether oxygens (including phenoxy) is 1. The molecule has 4 aromatic carbocycles. The number of anilines is 1. The molecule has 0 spiro atoms. The Hall–Kier alpha value is -4.85. The molecule has 6 rings (SSSR count). The van der Waals surface area contributed by atoms with Crippen molar-refractivity contribution >= 4 is 63.4 Å². The fraction of sp³-hybridized carbons (Fsp3) is 0.0312. The number of hydrogen-bond donors (Lipinski definition) is 0. The van der Waals surface area contributed by atoms with Crippen molar-refractivity contribution in [2.24, 2.45) is 0 Å². The third kappa shape index (κ3) is 4.86. The predicted molar refractivity (Wildman–Crippen MR) is 156 cm³/mol. The van der Waals surface area contributed by atoms with Crippen LogP contribution in [0.5, 0.6) is 0 Å². The zero-order valence-electron chi connectivity index (χ0n) is 21.1. The number of pyridine rings is 1. The average Bonchev–Trinajstić information content (AvgIpc) is 3.25. The van der Waals surface area contributed by atoms with E-state index >= 15 is 0 Å². The molecule has 0 saturated heterocycles. The van der Waals surface area contributed by atoms with Crippen molar-refractivity contribution in [3.8, 4) is 11.3 Å². The molecule has 1 aliphatic rings. The number of imide groups is 1. The quantitative estimate of drug-likeness (QED) is 0.121. The summed E-state index contributed by atoms with van der Waals surface area (Å²) in [6, 6.07) is 26.2. The second kappa shape index (κ2) is 10.6. The van der Waals surface area contributed by atoms with Crippen LogP contribution in [0.1, 0.15) is 41.4 Å². The monoisotopic (exact) mass is 580 g/mol. The number of ketones is 1. The summed E-state index contributed by atoms with van der Waals surface area (Å²) in [6.45, 7) is -0.463. The van der Waals surface area contributed by atoms with Gasteiger partial charge in [-0.25, -0.2) is 14.7 Å². The average molecular weight is 581 g/mol. The van der Waals surface area contributed by atoms with E-state index in [0.717, 1.165) is 4.90 Å². The number of benzene rings is 4. The highest BCUT2D eigenvalue weighted by Gasteiger charge is 2.36. The maximum atomic E-state index is 13.2. The standard InChI is InChI=1S/C32H18Cl2N2O5/c33-20-12-8-19(9-13-20)28(37)17-41-32(40)25-16-27(35-29-22(25)6-3-7-26(29)34)18-10-14-21(15-11-18)36-30(38)23-4-1-2-5-24(23)31(36)39/h1-16H,17H2. The van der Waals surface area contributed by atoms with Gasteiger partial charge in [0.05, 0.1) is 38.6 Å². The van der Waals surface area contributed by atoms with E-state index in [2.05, 4.69) is 4.98 Å². The number of carbonyl (C=O) groups is 4. The van der Waals surface area contributed by atoms with E-state index in [1.807, 2.05) is 0 Å². The van der Waals surface area contributed by atoms with Crippen LogP contribution < -0.4 is 4.90 Å². The van der Waals surface area contributed by atoms with Gasteiger partial charge in [0.25, 0.3) is 11.8 Å². The van der Waals surface area contributed by atoms with Gasteiger partial charge in [-0.1, -0.05) is 59.6 Å². The Morgan fingerprint density at radius 2 is 1.44 bits per heavy atom. The van der Waals surface area contributed by atoms with Crippen LogP contribution in [0.25, 0.3) is 22.2 Å². The Kier molecular flexibility index (Phi) is 6.83. The fourth-order valence-electron chi connectivity index (χ4n) is 4.66. The zero-order valence-corrected chi connectivity index (χ0v) is 22.6. The largest absolute Gasteiger partial charge is 0.454 e. The summed E-state index contributed by atoms with van der Waals surface area (Å²) in [5, 5.41) is 1.29. The molecule has 0 N–H and O–H groups in total. The SMILES string of the molecule is O=C(COC(=O)c1cc(-c2ccc(N3C(=O)c4ccccc4C3=O)cc2)nc2c(Cl)cccc12)c1ccc(Cl)cc1. The first kappa shape index (κ1) is 26.4. The second-order valence-electron chi connectivity index (χ2n) is 9.24. The smallest absolute Gasteiger partial charge is 0.339 e. The van der Waals surface area contributed by atoms with Crippen LogP contribution in [0.3, 0.4) is 0 Å². The van der Waals surface area contributed by atoms with E-state index in [1.165, 1.54) is 0 Å². The van der Waals surface area contributed by atoms with Crippen molar-refractivity contribution in [3.63, 3.8) is 0 Å². The van der Waals surface area contributed by atoms with Crippen molar-refractivity contribution < 1.29 is 23.9 Å². The lowest BCUT2D eigenvalue weighted by atomic mass is 10.0. The minimum absolute atomic E-state index is 0.181. The van der Waals surface area contributed by atoms with E-state index < -0.39 is 24.4 Å². The predicted octanol–water partition coefficient (Wildman–Crippen LogP) is 7.05. The molecule has 0 bridgehead atoms. The van der Waals surface area contributed by atoms with Crippen LogP contribution in [0.2, 0.25) is 10.0 Å². The topological polar surface area (TPSA) is 93.6 Å². The Morgan fingerprint density at radius 3 is 2.10 bits per heavy atom. The van der Waals surface area contributed by atoms with Crippen molar-refractivity contribution in [1.29, 1.82) is 0 Å². The molecule has 0 saturated carbocycles. The van der Waals surface area contributed by atoms with Gasteiger partial charge in [-0.05, 0) is 60.7 Å². The molecule has 0 atom stereocenters. The number of fused-ring (bicyclic) bond motifs is 2. The number of rotatable bonds is 6. The van der Waals surface area contributed by atoms with Crippen LogP contribution in [0.4, 0.5) is 5.69 Å². The van der Waals surface area contributed by atoms with Crippen LogP contribution >= 0.6 is 23.2 Å². The van der Waals surface area contributed by atoms with Crippen molar-refractivity contribution in [1.82, 2.24) is 4.98 Å². The normalized spacial score (nSPS) is 12.5. The van der Waals surface area contributed by atoms with Crippen LogP contribution in [0.15, 0.2) is 97.1 Å². The minimum atomic E-state index is -0.717. The van der Waals surface area contributed by atoms with Gasteiger partial charge in [-0.15, -0.1) is 0 Å². The first-order valence-electron chi connectivity index (χ1n) is 12.5. The Bertz CT molecular complexity index is 1850. The summed E-state index contributed by atoms with van der Waals surface area (Å²) in [7, 11) is 0. The Morgan fingerprint density at radius 1 is 0.780 bits per heavy atom. The van der Waals surface area contributed by atoms with E-state index in [-0.39, 0.29) is 11.3 Å². The summed E-state index contributed by atoms with van der Waals surface area (Å²) in [5.74, 6) is -1.89. The van der Waals surface area contributed by atoms with Crippen LogP contribution in [-0.4, -0.2) is 35.2 Å². The molecule has 0 unspecified atom stereocenters. The molecule has 2 heterocycles.